The highest BCUT2D eigenvalue weighted by Gasteiger charge is 2.21. The summed E-state index contributed by atoms with van der Waals surface area (Å²) in [6.07, 6.45) is 1.01. The second kappa shape index (κ2) is 6.65. The van der Waals surface area contributed by atoms with Crippen LogP contribution in [0, 0.1) is 6.92 Å². The predicted molar refractivity (Wildman–Crippen MR) is 90.4 cm³/mol. The SMILES string of the molecule is Cc1ccccc1C(=O)N1CCCN(c2ccccc2)CC1. The largest absolute Gasteiger partial charge is 0.370 e. The van der Waals surface area contributed by atoms with Gasteiger partial charge in [-0.25, -0.2) is 0 Å². The Kier molecular flexibility index (Phi) is 4.42. The zero-order chi connectivity index (χ0) is 15.4. The van der Waals surface area contributed by atoms with Gasteiger partial charge in [0, 0.05) is 37.4 Å². The number of carbonyl (C=O) groups is 1. The smallest absolute Gasteiger partial charge is 0.254 e. The highest BCUT2D eigenvalue weighted by molar-refractivity contribution is 5.95. The van der Waals surface area contributed by atoms with Crippen molar-refractivity contribution in [3.05, 3.63) is 65.7 Å². The Balaban J connectivity index is 1.70. The van der Waals surface area contributed by atoms with Gasteiger partial charge in [0.2, 0.25) is 0 Å². The van der Waals surface area contributed by atoms with Crippen LogP contribution in [0.25, 0.3) is 0 Å². The Morgan fingerprint density at radius 1 is 0.864 bits per heavy atom. The average molecular weight is 294 g/mol. The van der Waals surface area contributed by atoms with Crippen LogP contribution in [0.1, 0.15) is 22.3 Å². The van der Waals surface area contributed by atoms with E-state index in [0.29, 0.717) is 0 Å². The molecule has 22 heavy (non-hydrogen) atoms. The zero-order valence-electron chi connectivity index (χ0n) is 13.0. The van der Waals surface area contributed by atoms with Crippen LogP contribution in [0.2, 0.25) is 0 Å². The van der Waals surface area contributed by atoms with E-state index in [9.17, 15) is 4.79 Å². The number of nitrogens with zero attached hydrogens (tertiary/aromatic N) is 2. The van der Waals surface area contributed by atoms with E-state index < -0.39 is 0 Å². The molecular formula is C19H22N2O. The summed E-state index contributed by atoms with van der Waals surface area (Å²) in [6.45, 7) is 5.50. The lowest BCUT2D eigenvalue weighted by atomic mass is 10.1. The summed E-state index contributed by atoms with van der Waals surface area (Å²) < 4.78 is 0. The second-order valence-corrected chi connectivity index (χ2v) is 5.78. The Morgan fingerprint density at radius 2 is 1.59 bits per heavy atom. The van der Waals surface area contributed by atoms with Gasteiger partial charge < -0.3 is 9.80 Å². The molecule has 2 aromatic rings. The molecule has 0 aromatic heterocycles. The molecular weight excluding hydrogens is 272 g/mol. The summed E-state index contributed by atoms with van der Waals surface area (Å²) in [5.74, 6) is 0.160. The normalized spacial score (nSPS) is 15.5. The third-order valence-electron chi connectivity index (χ3n) is 4.28. The monoisotopic (exact) mass is 294 g/mol. The molecule has 0 aliphatic carbocycles. The summed E-state index contributed by atoms with van der Waals surface area (Å²) in [7, 11) is 0. The van der Waals surface area contributed by atoms with Gasteiger partial charge in [-0.1, -0.05) is 36.4 Å². The topological polar surface area (TPSA) is 23.6 Å². The number of rotatable bonds is 2. The fourth-order valence-corrected chi connectivity index (χ4v) is 3.00. The second-order valence-electron chi connectivity index (χ2n) is 5.78. The minimum Gasteiger partial charge on any atom is -0.370 e. The molecule has 0 unspecified atom stereocenters. The first-order valence-electron chi connectivity index (χ1n) is 7.90. The van der Waals surface area contributed by atoms with Crippen molar-refractivity contribution < 1.29 is 4.79 Å². The summed E-state index contributed by atoms with van der Waals surface area (Å²) in [6, 6.07) is 18.3. The molecule has 3 heteroatoms. The maximum Gasteiger partial charge on any atom is 0.254 e. The Bertz CT molecular complexity index is 639. The van der Waals surface area contributed by atoms with E-state index in [1.54, 1.807) is 0 Å². The van der Waals surface area contributed by atoms with Crippen LogP contribution < -0.4 is 4.90 Å². The van der Waals surface area contributed by atoms with E-state index in [2.05, 4.69) is 29.2 Å². The molecule has 1 fully saturated rings. The van der Waals surface area contributed by atoms with E-state index in [1.807, 2.05) is 42.2 Å². The van der Waals surface area contributed by atoms with Gasteiger partial charge in [-0.05, 0) is 37.1 Å². The molecule has 0 atom stereocenters. The van der Waals surface area contributed by atoms with Crippen molar-refractivity contribution in [1.82, 2.24) is 4.90 Å². The van der Waals surface area contributed by atoms with Crippen molar-refractivity contribution in [1.29, 1.82) is 0 Å². The Labute approximate surface area is 132 Å². The van der Waals surface area contributed by atoms with Crippen molar-refractivity contribution in [2.24, 2.45) is 0 Å². The lowest BCUT2D eigenvalue weighted by molar-refractivity contribution is 0.0766. The minimum atomic E-state index is 0.160. The van der Waals surface area contributed by atoms with Gasteiger partial charge in [0.25, 0.3) is 5.91 Å². The van der Waals surface area contributed by atoms with Crippen LogP contribution in [-0.4, -0.2) is 37.0 Å². The number of para-hydroxylation sites is 1. The molecule has 1 aliphatic rings. The molecule has 1 heterocycles. The molecule has 1 amide bonds. The summed E-state index contributed by atoms with van der Waals surface area (Å²) in [4.78, 5) is 17.1. The van der Waals surface area contributed by atoms with Crippen molar-refractivity contribution >= 4 is 11.6 Å². The van der Waals surface area contributed by atoms with Gasteiger partial charge in [0.15, 0.2) is 0 Å². The fourth-order valence-electron chi connectivity index (χ4n) is 3.00. The lowest BCUT2D eigenvalue weighted by Crippen LogP contribution is -2.35. The fraction of sp³-hybridized carbons (Fsp3) is 0.316. The van der Waals surface area contributed by atoms with Gasteiger partial charge in [-0.3, -0.25) is 4.79 Å². The molecule has 1 saturated heterocycles. The molecule has 0 radical (unpaired) electrons. The van der Waals surface area contributed by atoms with E-state index in [0.717, 1.165) is 43.7 Å². The lowest BCUT2D eigenvalue weighted by Gasteiger charge is -2.24. The van der Waals surface area contributed by atoms with Gasteiger partial charge in [-0.2, -0.15) is 0 Å². The number of hydrogen-bond donors (Lipinski definition) is 0. The first kappa shape index (κ1) is 14.6. The Morgan fingerprint density at radius 3 is 2.36 bits per heavy atom. The zero-order valence-corrected chi connectivity index (χ0v) is 13.0. The summed E-state index contributed by atoms with van der Waals surface area (Å²) in [5, 5.41) is 0. The first-order valence-corrected chi connectivity index (χ1v) is 7.90. The highest BCUT2D eigenvalue weighted by Crippen LogP contribution is 2.17. The van der Waals surface area contributed by atoms with Crippen molar-refractivity contribution in [3.8, 4) is 0 Å². The quantitative estimate of drug-likeness (QED) is 0.848. The van der Waals surface area contributed by atoms with Crippen molar-refractivity contribution in [2.45, 2.75) is 13.3 Å². The first-order chi connectivity index (χ1) is 10.8. The summed E-state index contributed by atoms with van der Waals surface area (Å²) in [5.41, 5.74) is 3.13. The minimum absolute atomic E-state index is 0.160. The van der Waals surface area contributed by atoms with E-state index in [1.165, 1.54) is 5.69 Å². The number of hydrogen-bond acceptors (Lipinski definition) is 2. The number of benzene rings is 2. The molecule has 0 bridgehead atoms. The van der Waals surface area contributed by atoms with Crippen molar-refractivity contribution in [3.63, 3.8) is 0 Å². The number of amides is 1. The predicted octanol–water partition coefficient (Wildman–Crippen LogP) is 3.35. The maximum atomic E-state index is 12.7. The van der Waals surface area contributed by atoms with Crippen LogP contribution in [-0.2, 0) is 0 Å². The van der Waals surface area contributed by atoms with Crippen LogP contribution >= 0.6 is 0 Å². The van der Waals surface area contributed by atoms with E-state index in [-0.39, 0.29) is 5.91 Å². The van der Waals surface area contributed by atoms with Gasteiger partial charge in [-0.15, -0.1) is 0 Å². The van der Waals surface area contributed by atoms with E-state index >= 15 is 0 Å². The molecule has 0 N–H and O–H groups in total. The van der Waals surface area contributed by atoms with Crippen molar-refractivity contribution in [2.75, 3.05) is 31.1 Å². The Hall–Kier alpha value is -2.29. The third-order valence-corrected chi connectivity index (χ3v) is 4.28. The molecule has 0 saturated carbocycles. The molecule has 3 nitrogen and oxygen atoms in total. The standard InChI is InChI=1S/C19H22N2O/c1-16-8-5-6-11-18(16)19(22)21-13-7-12-20(14-15-21)17-9-3-2-4-10-17/h2-6,8-11H,7,12-15H2,1H3. The van der Waals surface area contributed by atoms with Crippen LogP contribution in [0.4, 0.5) is 5.69 Å². The van der Waals surface area contributed by atoms with Crippen LogP contribution in [0.3, 0.4) is 0 Å². The van der Waals surface area contributed by atoms with Crippen LogP contribution in [0.15, 0.2) is 54.6 Å². The van der Waals surface area contributed by atoms with Gasteiger partial charge in [0.05, 0.1) is 0 Å². The number of anilines is 1. The maximum absolute atomic E-state index is 12.7. The molecule has 2 aromatic carbocycles. The number of carbonyl (C=O) groups excluding carboxylic acids is 1. The van der Waals surface area contributed by atoms with Crippen LogP contribution in [0.5, 0.6) is 0 Å². The van der Waals surface area contributed by atoms with E-state index in [4.69, 9.17) is 0 Å². The molecule has 0 spiro atoms. The van der Waals surface area contributed by atoms with Gasteiger partial charge >= 0.3 is 0 Å². The molecule has 114 valence electrons. The molecule has 1 aliphatic heterocycles. The summed E-state index contributed by atoms with van der Waals surface area (Å²) >= 11 is 0. The molecule has 3 rings (SSSR count). The highest BCUT2D eigenvalue weighted by atomic mass is 16.2. The third kappa shape index (κ3) is 3.14. The number of aryl methyl sites for hydroxylation is 1. The van der Waals surface area contributed by atoms with Gasteiger partial charge in [0.1, 0.15) is 0 Å². The average Bonchev–Trinajstić information content (AvgIpc) is 2.81.